The second-order valence-electron chi connectivity index (χ2n) is 13.0. The van der Waals surface area contributed by atoms with Crippen molar-refractivity contribution in [2.75, 3.05) is 11.9 Å². The second kappa shape index (κ2) is 10.3. The topological polar surface area (TPSA) is 84.5 Å². The number of hydrogen-bond donors (Lipinski definition) is 2. The Bertz CT molecular complexity index is 1450. The predicted octanol–water partition coefficient (Wildman–Crippen LogP) is 7.06. The van der Waals surface area contributed by atoms with Gasteiger partial charge in [-0.15, -0.1) is 0 Å². The third-order valence-corrected chi connectivity index (χ3v) is 8.87. The third kappa shape index (κ3) is 5.53. The average Bonchev–Trinajstić information content (AvgIpc) is 2.83. The summed E-state index contributed by atoms with van der Waals surface area (Å²) in [5, 5.41) is 6.47. The number of halogens is 1. The van der Waals surface area contributed by atoms with Crippen LogP contribution in [0.5, 0.6) is 5.75 Å². The molecule has 3 aliphatic rings. The number of ketones is 2. The molecule has 0 saturated carbocycles. The molecule has 0 aromatic heterocycles. The molecule has 2 aromatic carbocycles. The van der Waals surface area contributed by atoms with E-state index in [9.17, 15) is 14.4 Å². The van der Waals surface area contributed by atoms with Crippen molar-refractivity contribution in [3.05, 3.63) is 80.1 Å². The van der Waals surface area contributed by atoms with Crippen molar-refractivity contribution in [1.82, 2.24) is 5.32 Å². The van der Waals surface area contributed by atoms with E-state index >= 15 is 0 Å². The number of aryl methyl sites for hydroxylation is 1. The van der Waals surface area contributed by atoms with Crippen molar-refractivity contribution in [3.63, 3.8) is 0 Å². The number of nitrogens with one attached hydrogen (secondary N) is 2. The van der Waals surface area contributed by atoms with Crippen molar-refractivity contribution >= 4 is 39.1 Å². The number of rotatable bonds is 5. The van der Waals surface area contributed by atoms with E-state index in [0.717, 1.165) is 46.6 Å². The minimum atomic E-state index is -0.420. The van der Waals surface area contributed by atoms with E-state index in [1.807, 2.05) is 50.2 Å². The minimum Gasteiger partial charge on any atom is -0.483 e. The van der Waals surface area contributed by atoms with Crippen LogP contribution in [0.1, 0.15) is 76.0 Å². The third-order valence-electron chi connectivity index (χ3n) is 8.25. The zero-order chi connectivity index (χ0) is 29.0. The standard InChI is InChI=1S/C33H37BrN2O4/c1-18-8-7-9-22(19(18)2)36-28(39)17-40-27-11-10-20(12-21(27)34)29-30-23(13-32(3,4)15-25(30)37)35-24-14-33(5,6)16-26(38)31(24)29/h7-12,29,35H,13-17H2,1-6H3,(H,36,39). The fourth-order valence-corrected chi connectivity index (χ4v) is 6.76. The number of dihydropyridines is 1. The molecule has 0 atom stereocenters. The quantitative estimate of drug-likeness (QED) is 0.382. The first-order valence-corrected chi connectivity index (χ1v) is 14.6. The molecule has 2 aliphatic carbocycles. The zero-order valence-corrected chi connectivity index (χ0v) is 25.7. The van der Waals surface area contributed by atoms with Gasteiger partial charge in [-0.3, -0.25) is 14.4 Å². The number of benzene rings is 2. The Balaban J connectivity index is 1.43. The van der Waals surface area contributed by atoms with E-state index in [0.29, 0.717) is 34.2 Å². The number of hydrogen-bond acceptors (Lipinski definition) is 5. The molecule has 1 amide bonds. The zero-order valence-electron chi connectivity index (χ0n) is 24.1. The molecular weight excluding hydrogens is 568 g/mol. The minimum absolute atomic E-state index is 0.0903. The predicted molar refractivity (Wildman–Crippen MR) is 160 cm³/mol. The maximum Gasteiger partial charge on any atom is 0.262 e. The number of Topliss-reactive ketones (excluding diaryl/α,β-unsaturated/α-hetero) is 2. The molecule has 1 heterocycles. The maximum absolute atomic E-state index is 13.5. The summed E-state index contributed by atoms with van der Waals surface area (Å²) in [4.78, 5) is 39.7. The second-order valence-corrected chi connectivity index (χ2v) is 13.9. The monoisotopic (exact) mass is 604 g/mol. The normalized spacial score (nSPS) is 20.1. The summed E-state index contributed by atoms with van der Waals surface area (Å²) in [6, 6.07) is 11.4. The molecule has 1 aliphatic heterocycles. The number of anilines is 1. The molecule has 0 unspecified atom stereocenters. The van der Waals surface area contributed by atoms with Crippen molar-refractivity contribution in [1.29, 1.82) is 0 Å². The van der Waals surface area contributed by atoms with Gasteiger partial charge in [-0.2, -0.15) is 0 Å². The SMILES string of the molecule is Cc1cccc(NC(=O)COc2ccc(C3C4=C(CC(C)(C)CC4=O)NC4=C3C(=O)CC(C)(C)C4)cc2Br)c1C. The van der Waals surface area contributed by atoms with E-state index in [4.69, 9.17) is 4.74 Å². The lowest BCUT2D eigenvalue weighted by molar-refractivity contribution is -0.119. The van der Waals surface area contributed by atoms with Gasteiger partial charge in [0.15, 0.2) is 18.2 Å². The Kier molecular flexibility index (Phi) is 7.32. The van der Waals surface area contributed by atoms with Crippen LogP contribution in [0.4, 0.5) is 5.69 Å². The maximum atomic E-state index is 13.5. The molecule has 210 valence electrons. The van der Waals surface area contributed by atoms with Gasteiger partial charge in [0.2, 0.25) is 0 Å². The van der Waals surface area contributed by atoms with Gasteiger partial charge in [0.05, 0.1) is 4.47 Å². The van der Waals surface area contributed by atoms with Crippen LogP contribution in [0.3, 0.4) is 0 Å². The molecule has 7 heteroatoms. The first-order chi connectivity index (χ1) is 18.7. The number of allylic oxidation sites excluding steroid dienone is 4. The lowest BCUT2D eigenvalue weighted by Gasteiger charge is -2.44. The van der Waals surface area contributed by atoms with Crippen LogP contribution in [0, 0.1) is 24.7 Å². The van der Waals surface area contributed by atoms with Crippen molar-refractivity contribution in [2.45, 2.75) is 73.1 Å². The molecule has 0 fully saturated rings. The van der Waals surface area contributed by atoms with Gasteiger partial charge in [-0.05, 0) is 88.3 Å². The van der Waals surface area contributed by atoms with Crippen LogP contribution in [0.15, 0.2) is 63.4 Å². The van der Waals surface area contributed by atoms with Crippen molar-refractivity contribution in [3.8, 4) is 5.75 Å². The van der Waals surface area contributed by atoms with Gasteiger partial charge in [0, 0.05) is 47.0 Å². The molecule has 0 bridgehead atoms. The first-order valence-electron chi connectivity index (χ1n) is 13.8. The highest BCUT2D eigenvalue weighted by atomic mass is 79.9. The van der Waals surface area contributed by atoms with Crippen LogP contribution in [0.25, 0.3) is 0 Å². The number of carbonyl (C=O) groups excluding carboxylic acids is 3. The van der Waals surface area contributed by atoms with E-state index in [-0.39, 0.29) is 34.9 Å². The van der Waals surface area contributed by atoms with Crippen LogP contribution in [-0.2, 0) is 14.4 Å². The van der Waals surface area contributed by atoms with Gasteiger partial charge in [0.25, 0.3) is 5.91 Å². The Hall–Kier alpha value is -3.19. The lowest BCUT2D eigenvalue weighted by atomic mass is 9.64. The molecule has 6 nitrogen and oxygen atoms in total. The van der Waals surface area contributed by atoms with E-state index in [2.05, 4.69) is 54.3 Å². The molecule has 5 rings (SSSR count). The Morgan fingerprint density at radius 1 is 0.950 bits per heavy atom. The highest BCUT2D eigenvalue weighted by Gasteiger charge is 2.46. The Labute approximate surface area is 244 Å². The molecule has 40 heavy (non-hydrogen) atoms. The van der Waals surface area contributed by atoms with Gasteiger partial charge in [-0.1, -0.05) is 45.9 Å². The van der Waals surface area contributed by atoms with Gasteiger partial charge >= 0.3 is 0 Å². The largest absolute Gasteiger partial charge is 0.483 e. The van der Waals surface area contributed by atoms with E-state index in [1.54, 1.807) is 0 Å². The van der Waals surface area contributed by atoms with Gasteiger partial charge in [0.1, 0.15) is 5.75 Å². The van der Waals surface area contributed by atoms with Crippen LogP contribution >= 0.6 is 15.9 Å². The fraction of sp³-hybridized carbons (Fsp3) is 0.424. The summed E-state index contributed by atoms with van der Waals surface area (Å²) in [7, 11) is 0. The van der Waals surface area contributed by atoms with Crippen LogP contribution < -0.4 is 15.4 Å². The van der Waals surface area contributed by atoms with Crippen molar-refractivity contribution in [2.24, 2.45) is 10.8 Å². The average molecular weight is 606 g/mol. The highest BCUT2D eigenvalue weighted by molar-refractivity contribution is 9.10. The summed E-state index contributed by atoms with van der Waals surface area (Å²) in [6.07, 6.45) is 2.41. The summed E-state index contributed by atoms with van der Waals surface area (Å²) >= 11 is 3.62. The van der Waals surface area contributed by atoms with Gasteiger partial charge in [-0.25, -0.2) is 0 Å². The summed E-state index contributed by atoms with van der Waals surface area (Å²) in [5.74, 6) is 0.0271. The molecule has 2 aromatic rings. The first kappa shape index (κ1) is 28.3. The molecule has 2 N–H and O–H groups in total. The van der Waals surface area contributed by atoms with E-state index < -0.39 is 5.92 Å². The Morgan fingerprint density at radius 3 is 2.12 bits per heavy atom. The summed E-state index contributed by atoms with van der Waals surface area (Å²) in [6.45, 7) is 12.3. The highest BCUT2D eigenvalue weighted by Crippen LogP contribution is 2.51. The summed E-state index contributed by atoms with van der Waals surface area (Å²) < 4.78 is 6.53. The lowest BCUT2D eigenvalue weighted by Crippen LogP contribution is -2.42. The Morgan fingerprint density at radius 2 is 1.55 bits per heavy atom. The van der Waals surface area contributed by atoms with E-state index in [1.165, 1.54) is 0 Å². The molecule has 0 radical (unpaired) electrons. The van der Waals surface area contributed by atoms with Crippen LogP contribution in [0.2, 0.25) is 0 Å². The summed E-state index contributed by atoms with van der Waals surface area (Å²) in [5.41, 5.74) is 6.76. The van der Waals surface area contributed by atoms with Crippen molar-refractivity contribution < 1.29 is 19.1 Å². The smallest absolute Gasteiger partial charge is 0.262 e. The number of amides is 1. The number of ether oxygens (including phenoxy) is 1. The molecule has 0 spiro atoms. The molecular formula is C33H37BrN2O4. The van der Waals surface area contributed by atoms with Crippen LogP contribution in [-0.4, -0.2) is 24.1 Å². The number of carbonyl (C=O) groups is 3. The fourth-order valence-electron chi connectivity index (χ4n) is 6.25. The van der Waals surface area contributed by atoms with Gasteiger partial charge < -0.3 is 15.4 Å². The molecule has 0 saturated heterocycles.